The Balaban J connectivity index is 1.95. The second-order valence-corrected chi connectivity index (χ2v) is 14.1. The molecule has 0 saturated heterocycles. The highest BCUT2D eigenvalue weighted by Gasteiger charge is 2.70. The highest BCUT2D eigenvalue weighted by molar-refractivity contribution is 5.39. The van der Waals surface area contributed by atoms with Crippen molar-refractivity contribution in [1.29, 1.82) is 0 Å². The summed E-state index contributed by atoms with van der Waals surface area (Å²) in [7, 11) is 0. The number of hydrogen-bond donors (Lipinski definition) is 3. The molecular weight excluding hydrogens is 577 g/mol. The van der Waals surface area contributed by atoms with Crippen LogP contribution in [0.3, 0.4) is 0 Å². The standard InChI is InChI=1S/C33H45F7O3/c1-21-23(19-24(41)20-26(21)34)11-10-22-9-6-17-30(5)25(22)12-13-27(30)29(4,15-7-14-28(2,3)42)16-8-18-31(43,32(35,36)37)33(38,39)40/h10-11,24-27,41-43H,1,6-7,9,12-17,19-20H2,2-5H3/b22-10+,23-11-/t24-,25+,26+,27-,29+,30+/m1/s1. The highest BCUT2D eigenvalue weighted by atomic mass is 19.4. The third-order valence-corrected chi connectivity index (χ3v) is 10.1. The van der Waals surface area contributed by atoms with Crippen molar-refractivity contribution in [3.05, 3.63) is 35.5 Å². The quantitative estimate of drug-likeness (QED) is 0.198. The predicted octanol–water partition coefficient (Wildman–Crippen LogP) is 8.30. The molecule has 0 spiro atoms. The van der Waals surface area contributed by atoms with Crippen molar-refractivity contribution < 1.29 is 46.1 Å². The summed E-state index contributed by atoms with van der Waals surface area (Å²) in [6.07, 6.45) is -5.02. The van der Waals surface area contributed by atoms with Gasteiger partial charge in [-0.2, -0.15) is 26.3 Å². The van der Waals surface area contributed by atoms with E-state index in [2.05, 4.69) is 19.4 Å². The van der Waals surface area contributed by atoms with Gasteiger partial charge in [0.25, 0.3) is 0 Å². The Bertz CT molecular complexity index is 1140. The van der Waals surface area contributed by atoms with E-state index in [4.69, 9.17) is 0 Å². The second-order valence-electron chi connectivity index (χ2n) is 14.1. The maximum Gasteiger partial charge on any atom is 0.438 e. The largest absolute Gasteiger partial charge is 0.438 e. The Labute approximate surface area is 250 Å². The molecule has 3 nitrogen and oxygen atoms in total. The minimum absolute atomic E-state index is 0.0212. The summed E-state index contributed by atoms with van der Waals surface area (Å²) in [4.78, 5) is 0. The van der Waals surface area contributed by atoms with E-state index in [1.165, 1.54) is 0 Å². The number of alkyl halides is 7. The summed E-state index contributed by atoms with van der Waals surface area (Å²) < 4.78 is 94.1. The van der Waals surface area contributed by atoms with Gasteiger partial charge in [0.15, 0.2) is 0 Å². The molecule has 6 atom stereocenters. The molecule has 0 aliphatic heterocycles. The van der Waals surface area contributed by atoms with Crippen LogP contribution in [0.25, 0.3) is 0 Å². The molecular formula is C33H45F7O3. The van der Waals surface area contributed by atoms with Gasteiger partial charge in [-0.05, 0) is 105 Å². The minimum Gasteiger partial charge on any atom is -0.393 e. The van der Waals surface area contributed by atoms with Crippen LogP contribution in [0.1, 0.15) is 98.3 Å². The van der Waals surface area contributed by atoms with Crippen molar-refractivity contribution in [2.75, 3.05) is 0 Å². The minimum atomic E-state index is -6.01. The van der Waals surface area contributed by atoms with E-state index in [1.54, 1.807) is 13.8 Å². The average Bonchev–Trinajstić information content (AvgIpc) is 3.21. The summed E-state index contributed by atoms with van der Waals surface area (Å²) in [6, 6.07) is 0. The summed E-state index contributed by atoms with van der Waals surface area (Å²) >= 11 is 0. The third-order valence-electron chi connectivity index (χ3n) is 10.1. The van der Waals surface area contributed by atoms with Crippen LogP contribution in [-0.2, 0) is 0 Å². The first-order valence-corrected chi connectivity index (χ1v) is 15.0. The fourth-order valence-corrected chi connectivity index (χ4v) is 7.81. The van der Waals surface area contributed by atoms with E-state index in [-0.39, 0.29) is 30.1 Å². The van der Waals surface area contributed by atoms with E-state index in [9.17, 15) is 46.1 Å². The molecule has 0 bridgehead atoms. The molecule has 3 saturated carbocycles. The fraction of sp³-hybridized carbons (Fsp3) is 0.758. The molecule has 3 fully saturated rings. The number of rotatable bonds is 7. The zero-order valence-corrected chi connectivity index (χ0v) is 25.4. The molecule has 3 N–H and O–H groups in total. The smallest absolute Gasteiger partial charge is 0.393 e. The fourth-order valence-electron chi connectivity index (χ4n) is 7.81. The normalized spacial score (nSPS) is 32.4. The van der Waals surface area contributed by atoms with Gasteiger partial charge in [0.2, 0.25) is 0 Å². The van der Waals surface area contributed by atoms with Gasteiger partial charge in [-0.3, -0.25) is 0 Å². The summed E-state index contributed by atoms with van der Waals surface area (Å²) in [5.41, 5.74) is -5.05. The maximum absolute atomic E-state index is 14.3. The number of fused-ring (bicyclic) bond motifs is 1. The third kappa shape index (κ3) is 7.70. The molecule has 244 valence electrons. The van der Waals surface area contributed by atoms with E-state index >= 15 is 0 Å². The van der Waals surface area contributed by atoms with Crippen LogP contribution < -0.4 is 0 Å². The Morgan fingerprint density at radius 3 is 2.21 bits per heavy atom. The Morgan fingerprint density at radius 2 is 1.63 bits per heavy atom. The van der Waals surface area contributed by atoms with Gasteiger partial charge in [0, 0.05) is 12.8 Å². The molecule has 3 aliphatic carbocycles. The molecule has 10 heteroatoms. The monoisotopic (exact) mass is 622 g/mol. The van der Waals surface area contributed by atoms with Crippen LogP contribution in [0.4, 0.5) is 30.7 Å². The number of aliphatic hydroxyl groups is 3. The van der Waals surface area contributed by atoms with E-state index < -0.39 is 41.2 Å². The first-order valence-electron chi connectivity index (χ1n) is 15.0. The zero-order chi connectivity index (χ0) is 32.6. The molecule has 0 unspecified atom stereocenters. The number of aliphatic hydroxyl groups excluding tert-OH is 1. The highest BCUT2D eigenvalue weighted by Crippen LogP contribution is 2.63. The lowest BCUT2D eigenvalue weighted by molar-refractivity contribution is -0.343. The lowest BCUT2D eigenvalue weighted by Gasteiger charge is -2.49. The molecule has 0 aromatic rings. The van der Waals surface area contributed by atoms with Gasteiger partial charge in [-0.15, -0.1) is 0 Å². The molecule has 0 aromatic heterocycles. The topological polar surface area (TPSA) is 60.7 Å². The van der Waals surface area contributed by atoms with Crippen LogP contribution in [0.5, 0.6) is 0 Å². The van der Waals surface area contributed by atoms with E-state index in [1.807, 2.05) is 19.1 Å². The van der Waals surface area contributed by atoms with Gasteiger partial charge < -0.3 is 15.3 Å². The Kier molecular flexibility index (Phi) is 10.4. The van der Waals surface area contributed by atoms with Gasteiger partial charge in [0.05, 0.1) is 11.7 Å². The van der Waals surface area contributed by atoms with Crippen LogP contribution in [-0.4, -0.2) is 51.1 Å². The molecule has 0 aromatic carbocycles. The Morgan fingerprint density at radius 1 is 1.00 bits per heavy atom. The number of hydrogen-bond acceptors (Lipinski definition) is 3. The van der Waals surface area contributed by atoms with Crippen LogP contribution in [0, 0.1) is 34.5 Å². The SMILES string of the molecule is C=C1/C(=C\C=C2/CCC[C@]3(C)[C@@H]([C@](C)(CC#CC(O)(C(F)(F)F)C(F)(F)F)CCCC(C)(C)O)CC[C@@H]23)C[C@@H](O)C[C@@H]1F. The van der Waals surface area contributed by atoms with Crippen molar-refractivity contribution in [2.45, 2.75) is 134 Å². The summed E-state index contributed by atoms with van der Waals surface area (Å²) in [5, 5.41) is 29.9. The maximum atomic E-state index is 14.3. The van der Waals surface area contributed by atoms with E-state index in [0.717, 1.165) is 37.2 Å². The molecule has 3 rings (SSSR count). The zero-order valence-electron chi connectivity index (χ0n) is 25.4. The number of allylic oxidation sites excluding steroid dienone is 4. The van der Waals surface area contributed by atoms with Gasteiger partial charge in [-0.25, -0.2) is 4.39 Å². The van der Waals surface area contributed by atoms with Gasteiger partial charge in [0.1, 0.15) is 6.17 Å². The van der Waals surface area contributed by atoms with Gasteiger partial charge in [-0.1, -0.05) is 50.5 Å². The molecule has 0 heterocycles. The summed E-state index contributed by atoms with van der Waals surface area (Å²) in [5.74, 6) is 3.28. The average molecular weight is 623 g/mol. The van der Waals surface area contributed by atoms with Crippen molar-refractivity contribution >= 4 is 0 Å². The predicted molar refractivity (Wildman–Crippen MR) is 151 cm³/mol. The van der Waals surface area contributed by atoms with Crippen molar-refractivity contribution in [2.24, 2.45) is 22.7 Å². The van der Waals surface area contributed by atoms with Gasteiger partial charge >= 0.3 is 18.0 Å². The first-order chi connectivity index (χ1) is 19.5. The first kappa shape index (κ1) is 35.6. The van der Waals surface area contributed by atoms with Crippen LogP contribution in [0.2, 0.25) is 0 Å². The Hall–Kier alpha value is -1.83. The molecule has 0 amide bonds. The number of halogens is 7. The molecule has 0 radical (unpaired) electrons. The lowest BCUT2D eigenvalue weighted by atomic mass is 9.55. The lowest BCUT2D eigenvalue weighted by Crippen LogP contribution is -2.55. The second kappa shape index (κ2) is 12.5. The van der Waals surface area contributed by atoms with Crippen LogP contribution >= 0.6 is 0 Å². The molecule has 3 aliphatic rings. The van der Waals surface area contributed by atoms with Crippen molar-refractivity contribution in [3.8, 4) is 11.8 Å². The molecule has 43 heavy (non-hydrogen) atoms. The van der Waals surface area contributed by atoms with E-state index in [0.29, 0.717) is 43.3 Å². The van der Waals surface area contributed by atoms with Crippen molar-refractivity contribution in [3.63, 3.8) is 0 Å². The summed E-state index contributed by atoms with van der Waals surface area (Å²) in [6.45, 7) is 11.1. The van der Waals surface area contributed by atoms with Crippen molar-refractivity contribution in [1.82, 2.24) is 0 Å². The van der Waals surface area contributed by atoms with Crippen LogP contribution in [0.15, 0.2) is 35.5 Å².